The lowest BCUT2D eigenvalue weighted by atomic mass is 9.89. The Balaban J connectivity index is 6.00. The zero-order valence-electron chi connectivity index (χ0n) is 25.8. The first-order valence-electron chi connectivity index (χ1n) is 13.3. The van der Waals surface area contributed by atoms with E-state index in [1.807, 2.05) is 0 Å². The van der Waals surface area contributed by atoms with Gasteiger partial charge in [0, 0.05) is 0 Å². The summed E-state index contributed by atoms with van der Waals surface area (Å²) in [6.45, 7) is -4.86. The molecule has 2 nitrogen and oxygen atoms in total. The van der Waals surface area contributed by atoms with Crippen LogP contribution in [0.5, 0.6) is 0 Å². The SMILES string of the molecule is FC(F)C(F)(F)C(F)(F)C(F)(F)C(F)(F)C(F)(F)C(F)(F)C(F)C(F)(F)OCCCCOC(F)(F)C(F)C(F)(F)C(F)(F)C(F)(F)C(F)(F)C(F)(F)C(F)(F)C(F)F. The second-order valence-electron chi connectivity index (χ2n) is 10.9. The molecule has 0 N–H and O–H groups in total. The molecular weight excluding hydrogens is 942 g/mol. The molecule has 0 aliphatic heterocycles. The average molecular weight is 954 g/mol. The summed E-state index contributed by atoms with van der Waals surface area (Å²) in [6, 6.07) is 0. The topological polar surface area (TPSA) is 18.5 Å². The molecule has 58 heavy (non-hydrogen) atoms. The Morgan fingerprint density at radius 2 is 0.431 bits per heavy atom. The van der Waals surface area contributed by atoms with Crippen molar-refractivity contribution in [2.45, 2.75) is 121 Å². The van der Waals surface area contributed by atoms with Crippen molar-refractivity contribution >= 4 is 0 Å². The fourth-order valence-corrected chi connectivity index (χ4v) is 3.41. The highest BCUT2D eigenvalue weighted by Crippen LogP contribution is 2.64. The fraction of sp³-hybridized carbons (Fsp3) is 1.00. The van der Waals surface area contributed by atoms with Gasteiger partial charge in [0.1, 0.15) is 0 Å². The summed E-state index contributed by atoms with van der Waals surface area (Å²) < 4.78 is 457. The fourth-order valence-electron chi connectivity index (χ4n) is 3.41. The second kappa shape index (κ2) is 15.8. The number of halogens is 34. The van der Waals surface area contributed by atoms with Crippen molar-refractivity contribution < 1.29 is 159 Å². The number of unbranched alkanes of at least 4 members (excludes halogenated alkanes) is 1. The molecule has 36 heteroatoms. The van der Waals surface area contributed by atoms with Gasteiger partial charge in [-0.15, -0.1) is 0 Å². The first kappa shape index (κ1) is 55.5. The van der Waals surface area contributed by atoms with Crippen molar-refractivity contribution in [1.29, 1.82) is 0 Å². The van der Waals surface area contributed by atoms with Crippen LogP contribution < -0.4 is 0 Å². The summed E-state index contributed by atoms with van der Waals surface area (Å²) >= 11 is 0. The van der Waals surface area contributed by atoms with Crippen molar-refractivity contribution in [3.63, 3.8) is 0 Å². The zero-order valence-corrected chi connectivity index (χ0v) is 25.8. The Morgan fingerprint density at radius 1 is 0.259 bits per heavy atom. The molecular formula is C22H12F34O2. The van der Waals surface area contributed by atoms with E-state index in [2.05, 4.69) is 9.47 Å². The molecule has 0 aliphatic carbocycles. The van der Waals surface area contributed by atoms with Gasteiger partial charge in [-0.25, -0.2) is 26.3 Å². The first-order chi connectivity index (χ1) is 24.9. The standard InChI is InChI=1S/C22H12F34O2/c23-5(9(29,30)15(41,42)19(49,50)21(53,54)17(45,46)11(33,34)7(25)26)13(37,38)57-3-1-2-4-58-14(39,40)6(24)10(31,32)16(43,44)20(51,52)22(55,56)18(47,48)12(35,36)8(27)28/h5-8H,1-4H2. The maximum absolute atomic E-state index is 13.7. The third-order valence-electron chi connectivity index (χ3n) is 6.94. The molecule has 0 spiro atoms. The van der Waals surface area contributed by atoms with E-state index in [1.54, 1.807) is 0 Å². The molecule has 0 bridgehead atoms. The lowest BCUT2D eigenvalue weighted by molar-refractivity contribution is -0.445. The Hall–Kier alpha value is -2.46. The van der Waals surface area contributed by atoms with E-state index in [-0.39, 0.29) is 0 Å². The van der Waals surface area contributed by atoms with E-state index >= 15 is 0 Å². The molecule has 0 aromatic rings. The molecule has 0 fully saturated rings. The van der Waals surface area contributed by atoms with Crippen LogP contribution in [0.2, 0.25) is 0 Å². The van der Waals surface area contributed by atoms with Crippen LogP contribution >= 0.6 is 0 Å². The van der Waals surface area contributed by atoms with Crippen molar-refractivity contribution in [3.05, 3.63) is 0 Å². The van der Waals surface area contributed by atoms with Gasteiger partial charge in [0.2, 0.25) is 0 Å². The molecule has 0 saturated carbocycles. The molecule has 0 aliphatic rings. The van der Waals surface area contributed by atoms with Crippen LogP contribution in [-0.4, -0.2) is 122 Å². The van der Waals surface area contributed by atoms with Crippen LogP contribution in [0, 0.1) is 0 Å². The molecule has 0 heterocycles. The maximum atomic E-state index is 13.7. The van der Waals surface area contributed by atoms with Gasteiger partial charge in [0.25, 0.3) is 12.3 Å². The smallest absolute Gasteiger partial charge is 0.318 e. The van der Waals surface area contributed by atoms with Crippen molar-refractivity contribution in [1.82, 2.24) is 0 Å². The normalized spacial score (nSPS) is 17.4. The highest BCUT2D eigenvalue weighted by Gasteiger charge is 2.94. The van der Waals surface area contributed by atoms with Crippen LogP contribution in [0.1, 0.15) is 12.8 Å². The van der Waals surface area contributed by atoms with E-state index in [4.69, 9.17) is 0 Å². The van der Waals surface area contributed by atoms with E-state index in [1.165, 1.54) is 0 Å². The molecule has 0 amide bonds. The van der Waals surface area contributed by atoms with E-state index in [9.17, 15) is 149 Å². The summed E-state index contributed by atoms with van der Waals surface area (Å²) in [5.41, 5.74) is 0. The number of ether oxygens (including phenoxy) is 2. The average Bonchev–Trinajstić information content (AvgIpc) is 3.04. The quantitative estimate of drug-likeness (QED) is 0.0751. The van der Waals surface area contributed by atoms with Gasteiger partial charge in [0.15, 0.2) is 0 Å². The van der Waals surface area contributed by atoms with Crippen LogP contribution in [0.15, 0.2) is 0 Å². The van der Waals surface area contributed by atoms with E-state index in [0.717, 1.165) is 0 Å². The molecule has 0 aromatic heterocycles. The van der Waals surface area contributed by atoms with Crippen LogP contribution in [-0.2, 0) is 9.47 Å². The van der Waals surface area contributed by atoms with Gasteiger partial charge in [0.05, 0.1) is 13.2 Å². The summed E-state index contributed by atoms with van der Waals surface area (Å²) in [6.07, 6.45) is -42.8. The summed E-state index contributed by atoms with van der Waals surface area (Å²) in [7, 11) is 0. The van der Waals surface area contributed by atoms with Gasteiger partial charge < -0.3 is 9.47 Å². The van der Waals surface area contributed by atoms with Crippen molar-refractivity contribution in [3.8, 4) is 0 Å². The van der Waals surface area contributed by atoms with Crippen LogP contribution in [0.3, 0.4) is 0 Å². The summed E-state index contributed by atoms with van der Waals surface area (Å²) in [4.78, 5) is 0. The zero-order chi connectivity index (χ0) is 47.6. The van der Waals surface area contributed by atoms with Crippen LogP contribution in [0.4, 0.5) is 149 Å². The summed E-state index contributed by atoms with van der Waals surface area (Å²) in [5.74, 6) is -102. The monoisotopic (exact) mass is 954 g/mol. The molecule has 0 radical (unpaired) electrons. The lowest BCUT2D eigenvalue weighted by Gasteiger charge is -2.42. The summed E-state index contributed by atoms with van der Waals surface area (Å²) in [5, 5.41) is 0. The Labute approximate surface area is 294 Å². The van der Waals surface area contributed by atoms with Gasteiger partial charge in [-0.2, -0.15) is 123 Å². The molecule has 2 atom stereocenters. The van der Waals surface area contributed by atoms with Gasteiger partial charge >= 0.3 is 96.1 Å². The number of alkyl halides is 34. The predicted octanol–water partition coefficient (Wildman–Crippen LogP) is 11.8. The van der Waals surface area contributed by atoms with E-state index in [0.29, 0.717) is 0 Å². The molecule has 0 aromatic carbocycles. The minimum Gasteiger partial charge on any atom is -0.318 e. The predicted molar refractivity (Wildman–Crippen MR) is 112 cm³/mol. The molecule has 2 unspecified atom stereocenters. The lowest BCUT2D eigenvalue weighted by Crippen LogP contribution is -2.73. The Bertz CT molecular complexity index is 1270. The van der Waals surface area contributed by atoms with Crippen molar-refractivity contribution in [2.75, 3.05) is 13.2 Å². The molecule has 0 rings (SSSR count). The van der Waals surface area contributed by atoms with Gasteiger partial charge in [-0.05, 0) is 12.8 Å². The minimum absolute atomic E-state index is 1.83. The third kappa shape index (κ3) is 8.16. The van der Waals surface area contributed by atoms with Crippen LogP contribution in [0.25, 0.3) is 0 Å². The van der Waals surface area contributed by atoms with Gasteiger partial charge in [-0.3, -0.25) is 0 Å². The van der Waals surface area contributed by atoms with Gasteiger partial charge in [-0.1, -0.05) is 0 Å². The third-order valence-corrected chi connectivity index (χ3v) is 6.94. The number of hydrogen-bond acceptors (Lipinski definition) is 2. The maximum Gasteiger partial charge on any atom is 0.393 e. The number of rotatable bonds is 23. The van der Waals surface area contributed by atoms with Crippen molar-refractivity contribution in [2.24, 2.45) is 0 Å². The largest absolute Gasteiger partial charge is 0.393 e. The highest BCUT2D eigenvalue weighted by atomic mass is 19.4. The first-order valence-corrected chi connectivity index (χ1v) is 13.3. The van der Waals surface area contributed by atoms with E-state index < -0.39 is 135 Å². The molecule has 350 valence electrons. The molecule has 0 saturated heterocycles. The Morgan fingerprint density at radius 3 is 0.603 bits per heavy atom. The minimum atomic E-state index is -8.89. The number of hydrogen-bond donors (Lipinski definition) is 0. The highest BCUT2D eigenvalue weighted by molar-refractivity contribution is 5.15. The Kier molecular flexibility index (Phi) is 15.1. The second-order valence-corrected chi connectivity index (χ2v) is 10.9.